The van der Waals surface area contributed by atoms with E-state index in [0.717, 1.165) is 11.1 Å². The molecule has 1 aromatic heterocycles. The van der Waals surface area contributed by atoms with Crippen molar-refractivity contribution in [1.82, 2.24) is 10.3 Å². The molecule has 5 nitrogen and oxygen atoms in total. The van der Waals surface area contributed by atoms with Gasteiger partial charge in [-0.1, -0.05) is 24.3 Å². The molecule has 0 saturated carbocycles. The first kappa shape index (κ1) is 17.6. The number of aromatic nitrogens is 1. The largest absolute Gasteiger partial charge is 0.438 e. The van der Waals surface area contributed by atoms with Gasteiger partial charge < -0.3 is 15.8 Å². The zero-order valence-corrected chi connectivity index (χ0v) is 14.0. The first-order chi connectivity index (χ1) is 12.7. The Morgan fingerprint density at radius 2 is 1.73 bits per heavy atom. The Balaban J connectivity index is 1.69. The monoisotopic (exact) mass is 351 g/mol. The molecule has 2 aromatic carbocycles. The Labute approximate surface area is 150 Å². The Morgan fingerprint density at radius 1 is 1.04 bits per heavy atom. The number of pyridine rings is 1. The number of nitrogens with zero attached hydrogens (tertiary/aromatic N) is 1. The van der Waals surface area contributed by atoms with Crippen molar-refractivity contribution in [3.05, 3.63) is 89.4 Å². The molecule has 26 heavy (non-hydrogen) atoms. The summed E-state index contributed by atoms with van der Waals surface area (Å²) in [5.41, 5.74) is 7.86. The minimum Gasteiger partial charge on any atom is -0.438 e. The molecule has 0 radical (unpaired) electrons. The highest BCUT2D eigenvalue weighted by Gasteiger charge is 2.14. The molecule has 3 N–H and O–H groups in total. The molecule has 0 aliphatic heterocycles. The van der Waals surface area contributed by atoms with Crippen LogP contribution in [0.25, 0.3) is 0 Å². The molecule has 0 fully saturated rings. The summed E-state index contributed by atoms with van der Waals surface area (Å²) in [6.07, 6.45) is 1.53. The van der Waals surface area contributed by atoms with Crippen molar-refractivity contribution in [3.63, 3.8) is 0 Å². The third kappa shape index (κ3) is 4.43. The van der Waals surface area contributed by atoms with Crippen molar-refractivity contribution in [3.8, 4) is 11.6 Å². The van der Waals surface area contributed by atoms with E-state index >= 15 is 0 Å². The van der Waals surface area contributed by atoms with Gasteiger partial charge in [-0.3, -0.25) is 4.79 Å². The highest BCUT2D eigenvalue weighted by Crippen LogP contribution is 2.23. The van der Waals surface area contributed by atoms with Crippen LogP contribution in [-0.4, -0.2) is 10.9 Å². The van der Waals surface area contributed by atoms with Crippen LogP contribution in [0.15, 0.2) is 66.9 Å². The number of ether oxygens (including phenoxy) is 1. The van der Waals surface area contributed by atoms with Gasteiger partial charge >= 0.3 is 0 Å². The summed E-state index contributed by atoms with van der Waals surface area (Å²) in [4.78, 5) is 16.6. The summed E-state index contributed by atoms with van der Waals surface area (Å²) in [6, 6.07) is 16.5. The summed E-state index contributed by atoms with van der Waals surface area (Å²) in [6.45, 7) is 0.848. The number of rotatable bonds is 6. The molecule has 0 aliphatic rings. The van der Waals surface area contributed by atoms with Crippen molar-refractivity contribution >= 4 is 5.91 Å². The fraction of sp³-hybridized carbons (Fsp3) is 0.100. The molecule has 3 aromatic rings. The van der Waals surface area contributed by atoms with Crippen LogP contribution in [-0.2, 0) is 13.1 Å². The van der Waals surface area contributed by atoms with Crippen LogP contribution in [0.2, 0.25) is 0 Å². The van der Waals surface area contributed by atoms with E-state index in [1.54, 1.807) is 12.1 Å². The van der Waals surface area contributed by atoms with Gasteiger partial charge in [0.1, 0.15) is 17.1 Å². The Morgan fingerprint density at radius 3 is 2.42 bits per heavy atom. The number of hydrogen-bond acceptors (Lipinski definition) is 4. The summed E-state index contributed by atoms with van der Waals surface area (Å²) in [7, 11) is 0. The zero-order valence-electron chi connectivity index (χ0n) is 14.0. The average Bonchev–Trinajstić information content (AvgIpc) is 2.68. The highest BCUT2D eigenvalue weighted by atomic mass is 19.1. The van der Waals surface area contributed by atoms with Gasteiger partial charge in [0, 0.05) is 19.3 Å². The first-order valence-corrected chi connectivity index (χ1v) is 8.10. The molecule has 132 valence electrons. The summed E-state index contributed by atoms with van der Waals surface area (Å²) in [5.74, 6) is -0.110. The molecule has 3 rings (SSSR count). The van der Waals surface area contributed by atoms with E-state index in [1.807, 2.05) is 24.3 Å². The minimum atomic E-state index is -0.364. The van der Waals surface area contributed by atoms with Crippen LogP contribution in [0.4, 0.5) is 4.39 Å². The lowest BCUT2D eigenvalue weighted by atomic mass is 10.1. The van der Waals surface area contributed by atoms with Gasteiger partial charge in [0.05, 0.1) is 0 Å². The van der Waals surface area contributed by atoms with Crippen molar-refractivity contribution in [2.45, 2.75) is 13.1 Å². The number of benzene rings is 2. The van der Waals surface area contributed by atoms with Crippen LogP contribution < -0.4 is 15.8 Å². The van der Waals surface area contributed by atoms with Crippen LogP contribution in [0.5, 0.6) is 11.6 Å². The maximum atomic E-state index is 13.0. The molecule has 0 atom stereocenters. The second-order valence-electron chi connectivity index (χ2n) is 5.62. The van der Waals surface area contributed by atoms with Gasteiger partial charge in [-0.05, 0) is 47.5 Å². The normalized spacial score (nSPS) is 10.4. The van der Waals surface area contributed by atoms with Gasteiger partial charge in [-0.15, -0.1) is 0 Å². The van der Waals surface area contributed by atoms with Crippen LogP contribution >= 0.6 is 0 Å². The van der Waals surface area contributed by atoms with Gasteiger partial charge in [0.2, 0.25) is 5.88 Å². The number of nitrogens with two attached hydrogens (primary N) is 1. The van der Waals surface area contributed by atoms with Crippen molar-refractivity contribution in [1.29, 1.82) is 0 Å². The number of carbonyl (C=O) groups excluding carboxylic acids is 1. The maximum Gasteiger partial charge on any atom is 0.257 e. The van der Waals surface area contributed by atoms with E-state index in [1.165, 1.54) is 30.5 Å². The summed E-state index contributed by atoms with van der Waals surface area (Å²) >= 11 is 0. The molecule has 0 bridgehead atoms. The zero-order chi connectivity index (χ0) is 18.4. The van der Waals surface area contributed by atoms with Crippen LogP contribution in [0.3, 0.4) is 0 Å². The Kier molecular flexibility index (Phi) is 5.56. The van der Waals surface area contributed by atoms with E-state index in [9.17, 15) is 9.18 Å². The molecule has 0 saturated heterocycles. The molecule has 1 heterocycles. The molecule has 1 amide bonds. The second kappa shape index (κ2) is 8.22. The maximum absolute atomic E-state index is 13.0. The number of carbonyl (C=O) groups is 1. The van der Waals surface area contributed by atoms with Gasteiger partial charge in [0.25, 0.3) is 5.91 Å². The van der Waals surface area contributed by atoms with Crippen LogP contribution in [0.1, 0.15) is 21.5 Å². The lowest BCUT2D eigenvalue weighted by Crippen LogP contribution is -2.23. The first-order valence-electron chi connectivity index (χ1n) is 8.10. The lowest BCUT2D eigenvalue weighted by molar-refractivity contribution is 0.0948. The second-order valence-corrected chi connectivity index (χ2v) is 5.62. The number of amides is 1. The van der Waals surface area contributed by atoms with Crippen molar-refractivity contribution in [2.75, 3.05) is 0 Å². The Hall–Kier alpha value is -3.25. The fourth-order valence-electron chi connectivity index (χ4n) is 2.33. The number of halogens is 1. The molecular formula is C20H18FN3O2. The predicted octanol–water partition coefficient (Wildman–Crippen LogP) is 3.40. The topological polar surface area (TPSA) is 77.2 Å². The molecule has 0 spiro atoms. The van der Waals surface area contributed by atoms with Gasteiger partial charge in [0.15, 0.2) is 0 Å². The third-order valence-electron chi connectivity index (χ3n) is 3.76. The SMILES string of the molecule is NCc1ccc(CNC(=O)c2cccnc2Oc2ccc(F)cc2)cc1. The smallest absolute Gasteiger partial charge is 0.257 e. The van der Waals surface area contributed by atoms with E-state index in [0.29, 0.717) is 24.4 Å². The van der Waals surface area contributed by atoms with E-state index in [-0.39, 0.29) is 17.6 Å². The van der Waals surface area contributed by atoms with Crippen molar-refractivity contribution < 1.29 is 13.9 Å². The van der Waals surface area contributed by atoms with Crippen LogP contribution in [0, 0.1) is 5.82 Å². The highest BCUT2D eigenvalue weighted by molar-refractivity contribution is 5.96. The Bertz CT molecular complexity index is 880. The van der Waals surface area contributed by atoms with E-state index in [4.69, 9.17) is 10.5 Å². The third-order valence-corrected chi connectivity index (χ3v) is 3.76. The molecule has 0 unspecified atom stereocenters. The van der Waals surface area contributed by atoms with E-state index in [2.05, 4.69) is 10.3 Å². The predicted molar refractivity (Wildman–Crippen MR) is 96.2 cm³/mol. The fourth-order valence-corrected chi connectivity index (χ4v) is 2.33. The number of nitrogens with one attached hydrogen (secondary N) is 1. The molecular weight excluding hydrogens is 333 g/mol. The van der Waals surface area contributed by atoms with E-state index < -0.39 is 0 Å². The summed E-state index contributed by atoms with van der Waals surface area (Å²) < 4.78 is 18.6. The average molecular weight is 351 g/mol. The van der Waals surface area contributed by atoms with Gasteiger partial charge in [-0.2, -0.15) is 0 Å². The molecule has 6 heteroatoms. The quantitative estimate of drug-likeness (QED) is 0.713. The number of hydrogen-bond donors (Lipinski definition) is 2. The summed E-state index contributed by atoms with van der Waals surface area (Å²) in [5, 5.41) is 2.84. The standard InChI is InChI=1S/C20H18FN3O2/c21-16-7-9-17(10-8-16)26-20-18(2-1-11-23-20)19(25)24-13-15-5-3-14(12-22)4-6-15/h1-11H,12-13,22H2,(H,24,25). The minimum absolute atomic E-state index is 0.162. The van der Waals surface area contributed by atoms with Gasteiger partial charge in [-0.25, -0.2) is 9.37 Å². The van der Waals surface area contributed by atoms with Crippen molar-refractivity contribution in [2.24, 2.45) is 5.73 Å². The lowest BCUT2D eigenvalue weighted by Gasteiger charge is -2.10. The molecule has 0 aliphatic carbocycles.